The van der Waals surface area contributed by atoms with E-state index in [4.69, 9.17) is 15.7 Å². The van der Waals surface area contributed by atoms with Crippen LogP contribution in [0, 0.1) is 11.3 Å². The van der Waals surface area contributed by atoms with E-state index in [2.05, 4.69) is 0 Å². The molecule has 0 saturated heterocycles. The molecular formula is C12H14N2O2. The Kier molecular flexibility index (Phi) is 3.90. The number of nitrogens with two attached hydrogens (primary N) is 1. The Labute approximate surface area is 94.6 Å². The number of nitrogens with zero attached hydrogens (tertiary/aromatic N) is 1. The second-order valence-electron chi connectivity index (χ2n) is 3.60. The van der Waals surface area contributed by atoms with Gasteiger partial charge in [0, 0.05) is 5.69 Å². The Morgan fingerprint density at radius 2 is 2.19 bits per heavy atom. The van der Waals surface area contributed by atoms with E-state index in [-0.39, 0.29) is 0 Å². The van der Waals surface area contributed by atoms with Gasteiger partial charge in [0.25, 0.3) is 0 Å². The number of rotatable bonds is 3. The van der Waals surface area contributed by atoms with Crippen molar-refractivity contribution in [2.75, 3.05) is 5.73 Å². The van der Waals surface area contributed by atoms with Crippen LogP contribution in [0.1, 0.15) is 25.3 Å². The van der Waals surface area contributed by atoms with E-state index in [0.717, 1.165) is 5.56 Å². The lowest BCUT2D eigenvalue weighted by molar-refractivity contribution is -0.147. The highest BCUT2D eigenvalue weighted by Crippen LogP contribution is 2.19. The molecule has 0 bridgehead atoms. The molecule has 84 valence electrons. The molecule has 2 atom stereocenters. The smallest absolute Gasteiger partial charge is 0.314 e. The van der Waals surface area contributed by atoms with Gasteiger partial charge in [0.05, 0.1) is 5.92 Å². The van der Waals surface area contributed by atoms with Gasteiger partial charge in [0.15, 0.2) is 6.10 Å². The number of nitriles is 1. The summed E-state index contributed by atoms with van der Waals surface area (Å²) in [6.07, 6.45) is -0.726. The summed E-state index contributed by atoms with van der Waals surface area (Å²) >= 11 is 0. The summed E-state index contributed by atoms with van der Waals surface area (Å²) in [5, 5.41) is 8.53. The molecule has 16 heavy (non-hydrogen) atoms. The van der Waals surface area contributed by atoms with Crippen molar-refractivity contribution in [2.45, 2.75) is 25.9 Å². The van der Waals surface area contributed by atoms with Gasteiger partial charge < -0.3 is 10.5 Å². The molecule has 1 rings (SSSR count). The predicted octanol–water partition coefficient (Wildman–Crippen LogP) is 1.83. The van der Waals surface area contributed by atoms with Gasteiger partial charge in [-0.1, -0.05) is 12.1 Å². The Bertz CT molecular complexity index is 423. The second kappa shape index (κ2) is 5.17. The number of carbonyl (C=O) groups excluding carboxylic acids is 1. The number of nitrogen functional groups attached to an aromatic ring is 1. The van der Waals surface area contributed by atoms with Crippen molar-refractivity contribution < 1.29 is 9.53 Å². The first-order chi connectivity index (χ1) is 7.54. The minimum Gasteiger partial charge on any atom is -0.447 e. The van der Waals surface area contributed by atoms with Crippen molar-refractivity contribution >= 4 is 11.7 Å². The van der Waals surface area contributed by atoms with Gasteiger partial charge in [-0.25, -0.2) is 0 Å². The van der Waals surface area contributed by atoms with Gasteiger partial charge in [-0.2, -0.15) is 5.26 Å². The van der Waals surface area contributed by atoms with E-state index in [0.29, 0.717) is 5.69 Å². The molecule has 1 aromatic rings. The highest BCUT2D eigenvalue weighted by Gasteiger charge is 2.18. The first-order valence-electron chi connectivity index (χ1n) is 5.00. The van der Waals surface area contributed by atoms with Crippen molar-refractivity contribution in [3.8, 4) is 6.07 Å². The van der Waals surface area contributed by atoms with E-state index >= 15 is 0 Å². The summed E-state index contributed by atoms with van der Waals surface area (Å²) in [6, 6.07) is 8.91. The zero-order chi connectivity index (χ0) is 12.1. The summed E-state index contributed by atoms with van der Waals surface area (Å²) in [5.41, 5.74) is 7.01. The average Bonchev–Trinajstić information content (AvgIpc) is 2.27. The van der Waals surface area contributed by atoms with E-state index in [1.807, 2.05) is 6.07 Å². The van der Waals surface area contributed by atoms with Crippen molar-refractivity contribution in [3.05, 3.63) is 29.8 Å². The molecule has 2 unspecified atom stereocenters. The van der Waals surface area contributed by atoms with Crippen LogP contribution in [0.3, 0.4) is 0 Å². The predicted molar refractivity (Wildman–Crippen MR) is 60.4 cm³/mol. The summed E-state index contributed by atoms with van der Waals surface area (Å²) in [4.78, 5) is 11.6. The van der Waals surface area contributed by atoms with Crippen molar-refractivity contribution in [1.82, 2.24) is 0 Å². The zero-order valence-corrected chi connectivity index (χ0v) is 9.31. The number of anilines is 1. The summed E-state index contributed by atoms with van der Waals surface area (Å²) < 4.78 is 4.91. The fourth-order valence-corrected chi connectivity index (χ4v) is 1.27. The standard InChI is InChI=1S/C12H14N2O2/c1-8(7-13)16-12(15)9(2)10-4-3-5-11(14)6-10/h3-6,8-9H,14H2,1-2H3. The summed E-state index contributed by atoms with van der Waals surface area (Å²) in [6.45, 7) is 3.26. The highest BCUT2D eigenvalue weighted by molar-refractivity contribution is 5.78. The fraction of sp³-hybridized carbons (Fsp3) is 0.333. The molecule has 0 heterocycles. The largest absolute Gasteiger partial charge is 0.447 e. The molecule has 0 amide bonds. The molecule has 0 aromatic heterocycles. The number of benzene rings is 1. The number of hydrogen-bond acceptors (Lipinski definition) is 4. The van der Waals surface area contributed by atoms with E-state index in [1.54, 1.807) is 31.2 Å². The van der Waals surface area contributed by atoms with Crippen LogP contribution in [-0.4, -0.2) is 12.1 Å². The van der Waals surface area contributed by atoms with E-state index in [1.165, 1.54) is 6.92 Å². The van der Waals surface area contributed by atoms with Crippen LogP contribution in [0.2, 0.25) is 0 Å². The SMILES string of the molecule is CC(C#N)OC(=O)C(C)c1cccc(N)c1. The molecule has 0 saturated carbocycles. The second-order valence-corrected chi connectivity index (χ2v) is 3.60. The first kappa shape index (κ1) is 12.1. The lowest BCUT2D eigenvalue weighted by atomic mass is 10.0. The number of ether oxygens (including phenoxy) is 1. The average molecular weight is 218 g/mol. The van der Waals surface area contributed by atoms with Crippen LogP contribution in [0.15, 0.2) is 24.3 Å². The fourth-order valence-electron chi connectivity index (χ4n) is 1.27. The third kappa shape index (κ3) is 2.99. The monoisotopic (exact) mass is 218 g/mol. The van der Waals surface area contributed by atoms with Crippen molar-refractivity contribution in [1.29, 1.82) is 5.26 Å². The maximum atomic E-state index is 11.6. The molecule has 0 radical (unpaired) electrons. The lowest BCUT2D eigenvalue weighted by Crippen LogP contribution is -2.18. The zero-order valence-electron chi connectivity index (χ0n) is 9.31. The Morgan fingerprint density at radius 3 is 2.75 bits per heavy atom. The third-order valence-corrected chi connectivity index (χ3v) is 2.24. The van der Waals surface area contributed by atoms with Crippen molar-refractivity contribution in [2.24, 2.45) is 0 Å². The quantitative estimate of drug-likeness (QED) is 0.620. The maximum absolute atomic E-state index is 11.6. The molecule has 0 aliphatic heterocycles. The van der Waals surface area contributed by atoms with Gasteiger partial charge in [0.2, 0.25) is 0 Å². The summed E-state index contributed by atoms with van der Waals surface area (Å²) in [7, 11) is 0. The molecule has 1 aromatic carbocycles. The minimum atomic E-state index is -0.726. The molecule has 0 aliphatic rings. The van der Waals surface area contributed by atoms with Crippen LogP contribution in [0.5, 0.6) is 0 Å². The van der Waals surface area contributed by atoms with Crippen LogP contribution >= 0.6 is 0 Å². The van der Waals surface area contributed by atoms with Gasteiger partial charge in [-0.15, -0.1) is 0 Å². The van der Waals surface area contributed by atoms with Crippen LogP contribution in [-0.2, 0) is 9.53 Å². The summed E-state index contributed by atoms with van der Waals surface area (Å²) in [5.74, 6) is -0.834. The van der Waals surface area contributed by atoms with Crippen molar-refractivity contribution in [3.63, 3.8) is 0 Å². The molecule has 0 aliphatic carbocycles. The Hall–Kier alpha value is -2.02. The van der Waals surface area contributed by atoms with E-state index in [9.17, 15) is 4.79 Å². The van der Waals surface area contributed by atoms with Crippen LogP contribution in [0.25, 0.3) is 0 Å². The Balaban J connectivity index is 2.75. The third-order valence-electron chi connectivity index (χ3n) is 2.24. The topological polar surface area (TPSA) is 76.1 Å². The number of esters is 1. The molecule has 0 fully saturated rings. The Morgan fingerprint density at radius 1 is 1.50 bits per heavy atom. The lowest BCUT2D eigenvalue weighted by Gasteiger charge is -2.13. The van der Waals surface area contributed by atoms with Gasteiger partial charge in [0.1, 0.15) is 6.07 Å². The highest BCUT2D eigenvalue weighted by atomic mass is 16.5. The molecule has 4 heteroatoms. The van der Waals surface area contributed by atoms with Gasteiger partial charge in [-0.3, -0.25) is 4.79 Å². The van der Waals surface area contributed by atoms with Crippen LogP contribution in [0.4, 0.5) is 5.69 Å². The number of hydrogen-bond donors (Lipinski definition) is 1. The normalized spacial score (nSPS) is 13.6. The van der Waals surface area contributed by atoms with Crippen LogP contribution < -0.4 is 5.73 Å². The van der Waals surface area contributed by atoms with E-state index < -0.39 is 18.0 Å². The molecule has 2 N–H and O–H groups in total. The van der Waals surface area contributed by atoms with Gasteiger partial charge in [-0.05, 0) is 31.5 Å². The maximum Gasteiger partial charge on any atom is 0.314 e. The first-order valence-corrected chi connectivity index (χ1v) is 5.00. The minimum absolute atomic E-state index is 0.417. The number of carbonyl (C=O) groups is 1. The molecule has 0 spiro atoms. The van der Waals surface area contributed by atoms with Gasteiger partial charge >= 0.3 is 5.97 Å². The molecular weight excluding hydrogens is 204 g/mol. The molecule has 4 nitrogen and oxygen atoms in total.